The number of benzene rings is 4. The molecular weight excluding hydrogens is 428 g/mol. The van der Waals surface area contributed by atoms with Gasteiger partial charge in [0.15, 0.2) is 0 Å². The molecule has 0 radical (unpaired) electrons. The topological polar surface area (TPSA) is 72.0 Å². The summed E-state index contributed by atoms with van der Waals surface area (Å²) in [5.41, 5.74) is 3.90. The fraction of sp³-hybridized carbons (Fsp3) is 0.143. The van der Waals surface area contributed by atoms with E-state index in [0.717, 1.165) is 22.5 Å². The van der Waals surface area contributed by atoms with E-state index in [1.807, 2.05) is 78.9 Å². The van der Waals surface area contributed by atoms with Crippen molar-refractivity contribution in [3.63, 3.8) is 0 Å². The summed E-state index contributed by atoms with van der Waals surface area (Å²) in [7, 11) is 3.26. The fourth-order valence-corrected chi connectivity index (χ4v) is 3.60. The number of hydrogen-bond acceptors (Lipinski definition) is 6. The standard InChI is InChI=1S/C28H28N2O4/c1-32-27-16-25(34-24-10-6-9-22(15-24)30-21-7-4-3-5-8-21)17-28(33-2)26(27)19-29-18-20-11-13-23(31)14-12-20/h3-17,29-31H,18-19H2,1-2H3. The average molecular weight is 457 g/mol. The van der Waals surface area contributed by atoms with E-state index in [1.54, 1.807) is 26.4 Å². The molecule has 4 aromatic carbocycles. The molecule has 0 amide bonds. The van der Waals surface area contributed by atoms with Gasteiger partial charge >= 0.3 is 0 Å². The molecule has 34 heavy (non-hydrogen) atoms. The Hall–Kier alpha value is -4.16. The number of anilines is 2. The molecule has 174 valence electrons. The number of phenols is 1. The fourth-order valence-electron chi connectivity index (χ4n) is 3.60. The molecule has 3 N–H and O–H groups in total. The number of phenolic OH excluding ortho intramolecular Hbond substituents is 1. The van der Waals surface area contributed by atoms with Gasteiger partial charge in [0.25, 0.3) is 0 Å². The van der Waals surface area contributed by atoms with E-state index in [1.165, 1.54) is 0 Å². The summed E-state index contributed by atoms with van der Waals surface area (Å²) in [5, 5.41) is 16.2. The van der Waals surface area contributed by atoms with Gasteiger partial charge in [0, 0.05) is 42.7 Å². The van der Waals surface area contributed by atoms with Gasteiger partial charge in [-0.3, -0.25) is 0 Å². The Morgan fingerprint density at radius 3 is 2.03 bits per heavy atom. The zero-order valence-electron chi connectivity index (χ0n) is 19.2. The smallest absolute Gasteiger partial charge is 0.134 e. The van der Waals surface area contributed by atoms with Gasteiger partial charge in [-0.25, -0.2) is 0 Å². The Morgan fingerprint density at radius 1 is 0.676 bits per heavy atom. The van der Waals surface area contributed by atoms with Gasteiger partial charge in [0.05, 0.1) is 19.8 Å². The summed E-state index contributed by atoms with van der Waals surface area (Å²) < 4.78 is 17.4. The van der Waals surface area contributed by atoms with Crippen LogP contribution >= 0.6 is 0 Å². The number of nitrogens with one attached hydrogen (secondary N) is 2. The highest BCUT2D eigenvalue weighted by molar-refractivity contribution is 5.61. The monoisotopic (exact) mass is 456 g/mol. The quantitative estimate of drug-likeness (QED) is 0.263. The van der Waals surface area contributed by atoms with Crippen LogP contribution in [0.3, 0.4) is 0 Å². The molecule has 0 atom stereocenters. The molecule has 0 fully saturated rings. The maximum absolute atomic E-state index is 9.44. The SMILES string of the molecule is COc1cc(Oc2cccc(Nc3ccccc3)c2)cc(OC)c1CNCc1ccc(O)cc1. The number of methoxy groups -OCH3 is 2. The van der Waals surface area contributed by atoms with Gasteiger partial charge < -0.3 is 30.0 Å². The maximum Gasteiger partial charge on any atom is 0.134 e. The van der Waals surface area contributed by atoms with Crippen molar-refractivity contribution in [1.29, 1.82) is 0 Å². The predicted octanol–water partition coefficient (Wildman–Crippen LogP) is 6.24. The summed E-state index contributed by atoms with van der Waals surface area (Å²) in [6.45, 7) is 1.19. The Bertz CT molecular complexity index is 1190. The molecule has 0 spiro atoms. The van der Waals surface area contributed by atoms with Crippen LogP contribution in [0, 0.1) is 0 Å². The molecule has 6 heteroatoms. The second-order valence-corrected chi connectivity index (χ2v) is 7.70. The van der Waals surface area contributed by atoms with E-state index in [0.29, 0.717) is 36.1 Å². The number of rotatable bonds is 10. The van der Waals surface area contributed by atoms with E-state index in [2.05, 4.69) is 10.6 Å². The molecule has 4 aromatic rings. The minimum Gasteiger partial charge on any atom is -0.508 e. The molecule has 0 aliphatic carbocycles. The highest BCUT2D eigenvalue weighted by atomic mass is 16.5. The van der Waals surface area contributed by atoms with E-state index in [9.17, 15) is 5.11 Å². The molecule has 4 rings (SSSR count). The van der Waals surface area contributed by atoms with Crippen molar-refractivity contribution in [3.8, 4) is 28.7 Å². The first-order valence-corrected chi connectivity index (χ1v) is 11.0. The summed E-state index contributed by atoms with van der Waals surface area (Å²) in [6.07, 6.45) is 0. The zero-order valence-corrected chi connectivity index (χ0v) is 19.2. The molecule has 0 saturated heterocycles. The van der Waals surface area contributed by atoms with Crippen molar-refractivity contribution in [1.82, 2.24) is 5.32 Å². The second kappa shape index (κ2) is 11.1. The lowest BCUT2D eigenvalue weighted by Gasteiger charge is -2.17. The molecule has 0 aliphatic heterocycles. The van der Waals surface area contributed by atoms with Crippen molar-refractivity contribution in [3.05, 3.63) is 102 Å². The van der Waals surface area contributed by atoms with Crippen LogP contribution in [0.5, 0.6) is 28.7 Å². The number of para-hydroxylation sites is 1. The van der Waals surface area contributed by atoms with Crippen molar-refractivity contribution in [2.75, 3.05) is 19.5 Å². The lowest BCUT2D eigenvalue weighted by atomic mass is 10.1. The van der Waals surface area contributed by atoms with E-state index in [4.69, 9.17) is 14.2 Å². The van der Waals surface area contributed by atoms with E-state index < -0.39 is 0 Å². The van der Waals surface area contributed by atoms with Gasteiger partial charge in [-0.2, -0.15) is 0 Å². The van der Waals surface area contributed by atoms with Crippen molar-refractivity contribution in [2.24, 2.45) is 0 Å². The Morgan fingerprint density at radius 2 is 1.35 bits per heavy atom. The minimum atomic E-state index is 0.254. The molecule has 0 saturated carbocycles. The highest BCUT2D eigenvalue weighted by Crippen LogP contribution is 2.36. The Kier molecular flexibility index (Phi) is 7.53. The van der Waals surface area contributed by atoms with E-state index in [-0.39, 0.29) is 5.75 Å². The van der Waals surface area contributed by atoms with Gasteiger partial charge in [0.1, 0.15) is 28.7 Å². The normalized spacial score (nSPS) is 10.5. The summed E-state index contributed by atoms with van der Waals surface area (Å²) in [6, 6.07) is 28.6. The molecule has 0 unspecified atom stereocenters. The van der Waals surface area contributed by atoms with Crippen LogP contribution in [0.15, 0.2) is 91.0 Å². The second-order valence-electron chi connectivity index (χ2n) is 7.70. The van der Waals surface area contributed by atoms with Crippen molar-refractivity contribution < 1.29 is 19.3 Å². The first-order valence-electron chi connectivity index (χ1n) is 11.0. The summed E-state index contributed by atoms with van der Waals surface area (Å²) in [5.74, 6) is 2.91. The predicted molar refractivity (Wildman–Crippen MR) is 134 cm³/mol. The highest BCUT2D eigenvalue weighted by Gasteiger charge is 2.14. The number of ether oxygens (including phenoxy) is 3. The third-order valence-corrected chi connectivity index (χ3v) is 5.28. The first kappa shape index (κ1) is 23.0. The molecule has 0 aromatic heterocycles. The van der Waals surface area contributed by atoms with Crippen molar-refractivity contribution >= 4 is 11.4 Å². The summed E-state index contributed by atoms with van der Waals surface area (Å²) in [4.78, 5) is 0. The van der Waals surface area contributed by atoms with Crippen LogP contribution in [0.1, 0.15) is 11.1 Å². The molecule has 0 heterocycles. The van der Waals surface area contributed by atoms with Gasteiger partial charge in [-0.15, -0.1) is 0 Å². The van der Waals surface area contributed by atoms with Crippen LogP contribution in [0.2, 0.25) is 0 Å². The number of aromatic hydroxyl groups is 1. The van der Waals surface area contributed by atoms with Gasteiger partial charge in [-0.1, -0.05) is 36.4 Å². The lowest BCUT2D eigenvalue weighted by Crippen LogP contribution is -2.14. The minimum absolute atomic E-state index is 0.254. The van der Waals surface area contributed by atoms with E-state index >= 15 is 0 Å². The van der Waals surface area contributed by atoms with Crippen LogP contribution in [-0.2, 0) is 13.1 Å². The van der Waals surface area contributed by atoms with Crippen LogP contribution < -0.4 is 24.8 Å². The molecule has 0 aliphatic rings. The maximum atomic E-state index is 9.44. The van der Waals surface area contributed by atoms with Gasteiger partial charge in [-0.05, 0) is 42.0 Å². The first-order chi connectivity index (χ1) is 16.6. The summed E-state index contributed by atoms with van der Waals surface area (Å²) >= 11 is 0. The van der Waals surface area contributed by atoms with Crippen LogP contribution in [-0.4, -0.2) is 19.3 Å². The van der Waals surface area contributed by atoms with Crippen molar-refractivity contribution in [2.45, 2.75) is 13.1 Å². The zero-order chi connectivity index (χ0) is 23.8. The molecule has 0 bridgehead atoms. The van der Waals surface area contributed by atoms with Crippen LogP contribution in [0.25, 0.3) is 0 Å². The molecule has 6 nitrogen and oxygen atoms in total. The number of hydrogen-bond donors (Lipinski definition) is 3. The van der Waals surface area contributed by atoms with Gasteiger partial charge in [0.2, 0.25) is 0 Å². The third kappa shape index (κ3) is 5.99. The Balaban J connectivity index is 1.47. The average Bonchev–Trinajstić information content (AvgIpc) is 2.86. The Labute approximate surface area is 199 Å². The van der Waals surface area contributed by atoms with Crippen LogP contribution in [0.4, 0.5) is 11.4 Å². The largest absolute Gasteiger partial charge is 0.508 e. The molecular formula is C28H28N2O4. The third-order valence-electron chi connectivity index (χ3n) is 5.28. The lowest BCUT2D eigenvalue weighted by molar-refractivity contribution is 0.375.